The van der Waals surface area contributed by atoms with Crippen molar-refractivity contribution in [2.75, 3.05) is 12.4 Å². The first-order valence-corrected chi connectivity index (χ1v) is 8.25. The van der Waals surface area contributed by atoms with Gasteiger partial charge in [0.25, 0.3) is 5.91 Å². The van der Waals surface area contributed by atoms with Crippen molar-refractivity contribution >= 4 is 29.2 Å². The van der Waals surface area contributed by atoms with Gasteiger partial charge in [0.2, 0.25) is 0 Å². The molecule has 1 amide bonds. The molecule has 2 aromatic rings. The van der Waals surface area contributed by atoms with Crippen LogP contribution in [0.3, 0.4) is 0 Å². The van der Waals surface area contributed by atoms with Crippen molar-refractivity contribution in [3.8, 4) is 5.75 Å². The van der Waals surface area contributed by atoms with Gasteiger partial charge in [0.05, 0.1) is 18.4 Å². The molecule has 0 heterocycles. The summed E-state index contributed by atoms with van der Waals surface area (Å²) < 4.78 is 10.5. The molecule has 25 heavy (non-hydrogen) atoms. The molecule has 0 aliphatic heterocycles. The Morgan fingerprint density at radius 3 is 2.56 bits per heavy atom. The number of amides is 1. The van der Waals surface area contributed by atoms with E-state index in [1.807, 2.05) is 13.8 Å². The molecule has 0 aliphatic rings. The molecular formula is C19H20ClNO4. The normalized spacial score (nSPS) is 11.5. The van der Waals surface area contributed by atoms with Crippen molar-refractivity contribution in [2.45, 2.75) is 26.4 Å². The maximum absolute atomic E-state index is 12.5. The van der Waals surface area contributed by atoms with Crippen LogP contribution in [0.1, 0.15) is 29.3 Å². The zero-order valence-corrected chi connectivity index (χ0v) is 15.1. The van der Waals surface area contributed by atoms with Crippen LogP contribution < -0.4 is 10.1 Å². The number of hydrogen-bond donors (Lipinski definition) is 1. The largest absolute Gasteiger partial charge is 0.481 e. The van der Waals surface area contributed by atoms with Gasteiger partial charge in [-0.05, 0) is 49.2 Å². The van der Waals surface area contributed by atoms with Crippen LogP contribution in [0, 0.1) is 6.92 Å². The summed E-state index contributed by atoms with van der Waals surface area (Å²) in [4.78, 5) is 24.3. The third-order valence-corrected chi connectivity index (χ3v) is 4.09. The van der Waals surface area contributed by atoms with Crippen LogP contribution in [0.2, 0.25) is 5.02 Å². The van der Waals surface area contributed by atoms with Crippen LogP contribution in [0.5, 0.6) is 5.75 Å². The molecular weight excluding hydrogens is 342 g/mol. The zero-order chi connectivity index (χ0) is 18.4. The lowest BCUT2D eigenvalue weighted by Crippen LogP contribution is -2.33. The predicted molar refractivity (Wildman–Crippen MR) is 97.3 cm³/mol. The number of methoxy groups -OCH3 is 1. The highest BCUT2D eigenvalue weighted by molar-refractivity contribution is 6.31. The molecule has 6 heteroatoms. The summed E-state index contributed by atoms with van der Waals surface area (Å²) in [5.74, 6) is -0.296. The third-order valence-electron chi connectivity index (χ3n) is 3.66. The number of anilines is 1. The van der Waals surface area contributed by atoms with Crippen molar-refractivity contribution in [2.24, 2.45) is 0 Å². The molecule has 0 saturated carbocycles. The average molecular weight is 362 g/mol. The number of benzene rings is 2. The highest BCUT2D eigenvalue weighted by Gasteiger charge is 2.21. The second kappa shape index (κ2) is 8.53. The van der Waals surface area contributed by atoms with Crippen molar-refractivity contribution in [1.82, 2.24) is 0 Å². The van der Waals surface area contributed by atoms with Crippen molar-refractivity contribution in [1.29, 1.82) is 0 Å². The minimum absolute atomic E-state index is 0.288. The molecule has 0 fully saturated rings. The van der Waals surface area contributed by atoms with Crippen molar-refractivity contribution in [3.63, 3.8) is 0 Å². The van der Waals surface area contributed by atoms with Gasteiger partial charge in [0.1, 0.15) is 5.75 Å². The quantitative estimate of drug-likeness (QED) is 0.782. The van der Waals surface area contributed by atoms with Gasteiger partial charge in [0.15, 0.2) is 6.10 Å². The van der Waals surface area contributed by atoms with Gasteiger partial charge in [-0.2, -0.15) is 0 Å². The van der Waals surface area contributed by atoms with Gasteiger partial charge in [-0.15, -0.1) is 0 Å². The van der Waals surface area contributed by atoms with Crippen LogP contribution in [0.25, 0.3) is 0 Å². The SMILES string of the molecule is CCC(Oc1ccc(Cl)c(C)c1)C(=O)Nc1ccccc1C(=O)OC. The zero-order valence-electron chi connectivity index (χ0n) is 14.3. The number of nitrogens with one attached hydrogen (secondary N) is 1. The smallest absolute Gasteiger partial charge is 0.339 e. The first kappa shape index (κ1) is 18.8. The van der Waals surface area contributed by atoms with E-state index in [1.165, 1.54) is 7.11 Å². The second-order valence-corrected chi connectivity index (χ2v) is 5.86. The number of esters is 1. The standard InChI is InChI=1S/C19H20ClNO4/c1-4-17(25-13-9-10-15(20)12(2)11-13)18(22)21-16-8-6-5-7-14(16)19(23)24-3/h5-11,17H,4H2,1-3H3,(H,21,22). The van der Waals surface area contributed by atoms with E-state index in [-0.39, 0.29) is 11.5 Å². The van der Waals surface area contributed by atoms with E-state index < -0.39 is 12.1 Å². The van der Waals surface area contributed by atoms with E-state index >= 15 is 0 Å². The molecule has 132 valence electrons. The monoisotopic (exact) mass is 361 g/mol. The third kappa shape index (κ3) is 4.73. The summed E-state index contributed by atoms with van der Waals surface area (Å²) >= 11 is 6.00. The number of carbonyl (C=O) groups excluding carboxylic acids is 2. The van der Waals surface area contributed by atoms with Gasteiger partial charge in [-0.1, -0.05) is 30.7 Å². The molecule has 0 spiro atoms. The fourth-order valence-corrected chi connectivity index (χ4v) is 2.39. The molecule has 1 N–H and O–H groups in total. The Bertz CT molecular complexity index is 776. The van der Waals surface area contributed by atoms with E-state index in [0.717, 1.165) is 5.56 Å². The molecule has 0 aliphatic carbocycles. The summed E-state index contributed by atoms with van der Waals surface area (Å²) in [5.41, 5.74) is 1.54. The Hall–Kier alpha value is -2.53. The van der Waals surface area contributed by atoms with Crippen LogP contribution in [-0.4, -0.2) is 25.1 Å². The van der Waals surface area contributed by atoms with Gasteiger partial charge >= 0.3 is 5.97 Å². The number of ether oxygens (including phenoxy) is 2. The van der Waals surface area contributed by atoms with Crippen LogP contribution in [-0.2, 0) is 9.53 Å². The number of rotatable bonds is 6. The lowest BCUT2D eigenvalue weighted by Gasteiger charge is -2.18. The number of carbonyl (C=O) groups is 2. The molecule has 0 bridgehead atoms. The van der Waals surface area contributed by atoms with Gasteiger partial charge in [0, 0.05) is 5.02 Å². The lowest BCUT2D eigenvalue weighted by atomic mass is 10.1. The van der Waals surface area contributed by atoms with Crippen LogP contribution >= 0.6 is 11.6 Å². The first-order valence-electron chi connectivity index (χ1n) is 7.87. The fourth-order valence-electron chi connectivity index (χ4n) is 2.27. The molecule has 0 aromatic heterocycles. The van der Waals surface area contributed by atoms with E-state index in [4.69, 9.17) is 21.1 Å². The Morgan fingerprint density at radius 2 is 1.92 bits per heavy atom. The summed E-state index contributed by atoms with van der Waals surface area (Å²) in [6.07, 6.45) is -0.236. The second-order valence-electron chi connectivity index (χ2n) is 5.45. The van der Waals surface area contributed by atoms with Gasteiger partial charge in [-0.25, -0.2) is 4.79 Å². The number of aryl methyl sites for hydroxylation is 1. The fraction of sp³-hybridized carbons (Fsp3) is 0.263. The molecule has 0 radical (unpaired) electrons. The first-order chi connectivity index (χ1) is 12.0. The minimum atomic E-state index is -0.703. The van der Waals surface area contributed by atoms with Crippen molar-refractivity contribution in [3.05, 3.63) is 58.6 Å². The molecule has 1 atom stereocenters. The Kier molecular flexibility index (Phi) is 6.42. The van der Waals surface area contributed by atoms with E-state index in [2.05, 4.69) is 5.32 Å². The summed E-state index contributed by atoms with van der Waals surface area (Å²) in [5, 5.41) is 3.37. The summed E-state index contributed by atoms with van der Waals surface area (Å²) in [7, 11) is 1.29. The Balaban J connectivity index is 2.15. The summed E-state index contributed by atoms with van der Waals surface area (Å²) in [6, 6.07) is 11.9. The van der Waals surface area contributed by atoms with Gasteiger partial charge in [-0.3, -0.25) is 4.79 Å². The number of hydrogen-bond acceptors (Lipinski definition) is 4. The van der Waals surface area contributed by atoms with E-state index in [0.29, 0.717) is 22.9 Å². The molecule has 5 nitrogen and oxygen atoms in total. The lowest BCUT2D eigenvalue weighted by molar-refractivity contribution is -0.122. The maximum Gasteiger partial charge on any atom is 0.339 e. The maximum atomic E-state index is 12.5. The number of halogens is 1. The predicted octanol–water partition coefficient (Wildman–Crippen LogP) is 4.23. The Morgan fingerprint density at radius 1 is 1.20 bits per heavy atom. The molecule has 1 unspecified atom stereocenters. The molecule has 2 rings (SSSR count). The Labute approximate surface area is 151 Å². The van der Waals surface area contributed by atoms with Crippen LogP contribution in [0.15, 0.2) is 42.5 Å². The highest BCUT2D eigenvalue weighted by Crippen LogP contribution is 2.23. The van der Waals surface area contributed by atoms with E-state index in [9.17, 15) is 9.59 Å². The molecule has 2 aromatic carbocycles. The molecule has 0 saturated heterocycles. The van der Waals surface area contributed by atoms with Gasteiger partial charge < -0.3 is 14.8 Å². The van der Waals surface area contributed by atoms with Crippen LogP contribution in [0.4, 0.5) is 5.69 Å². The summed E-state index contributed by atoms with van der Waals surface area (Å²) in [6.45, 7) is 3.71. The minimum Gasteiger partial charge on any atom is -0.481 e. The topological polar surface area (TPSA) is 64.6 Å². The van der Waals surface area contributed by atoms with E-state index in [1.54, 1.807) is 42.5 Å². The highest BCUT2D eigenvalue weighted by atomic mass is 35.5. The van der Waals surface area contributed by atoms with Crippen molar-refractivity contribution < 1.29 is 19.1 Å². The number of para-hydroxylation sites is 1. The average Bonchev–Trinajstić information content (AvgIpc) is 2.62.